The summed E-state index contributed by atoms with van der Waals surface area (Å²) in [6, 6.07) is 12.4. The number of carbonyl (C=O) groups excluding carboxylic acids is 2. The summed E-state index contributed by atoms with van der Waals surface area (Å²) < 4.78 is 34.6. The predicted octanol–water partition coefficient (Wildman–Crippen LogP) is 5.02. The SMILES string of the molecule is Cc1cc(C(=O)[C@@H](C)OC(=O)C2CCN(S(=O)(=O)c3cccs3)CC2)c(C)n1-c1ccc(Cl)cc1. The fourth-order valence-electron chi connectivity index (χ4n) is 4.41. The normalized spacial score (nSPS) is 16.2. The van der Waals surface area contributed by atoms with E-state index in [9.17, 15) is 18.0 Å². The molecule has 7 nitrogen and oxygen atoms in total. The van der Waals surface area contributed by atoms with Crippen molar-refractivity contribution in [1.82, 2.24) is 8.87 Å². The highest BCUT2D eigenvalue weighted by atomic mass is 35.5. The number of piperidine rings is 1. The van der Waals surface area contributed by atoms with E-state index >= 15 is 0 Å². The minimum absolute atomic E-state index is 0.241. The van der Waals surface area contributed by atoms with E-state index in [1.54, 1.807) is 42.6 Å². The van der Waals surface area contributed by atoms with Gasteiger partial charge in [-0.2, -0.15) is 4.31 Å². The molecule has 1 saturated heterocycles. The van der Waals surface area contributed by atoms with Crippen LogP contribution in [0.15, 0.2) is 52.1 Å². The van der Waals surface area contributed by atoms with Crippen molar-refractivity contribution in [3.63, 3.8) is 0 Å². The van der Waals surface area contributed by atoms with Crippen LogP contribution in [0.1, 0.15) is 41.5 Å². The standard InChI is InChI=1S/C25H27ClN2O5S2/c1-16-15-22(17(2)28(16)21-8-6-20(26)7-9-21)24(29)18(3)33-25(30)19-10-12-27(13-11-19)35(31,32)23-5-4-14-34-23/h4-9,14-15,18-19H,10-13H2,1-3H3/t18-/m1/s1. The average Bonchev–Trinajstić information content (AvgIpc) is 3.48. The lowest BCUT2D eigenvalue weighted by Crippen LogP contribution is -2.41. The van der Waals surface area contributed by atoms with Crippen molar-refractivity contribution in [2.75, 3.05) is 13.1 Å². The zero-order chi connectivity index (χ0) is 25.3. The van der Waals surface area contributed by atoms with E-state index < -0.39 is 28.0 Å². The number of sulfonamides is 1. The second-order valence-corrected chi connectivity index (χ2v) is 12.2. The molecule has 35 heavy (non-hydrogen) atoms. The first kappa shape index (κ1) is 25.6. The molecule has 10 heteroatoms. The van der Waals surface area contributed by atoms with E-state index in [-0.39, 0.29) is 18.9 Å². The maximum absolute atomic E-state index is 13.2. The van der Waals surface area contributed by atoms with Crippen LogP contribution in [0, 0.1) is 19.8 Å². The van der Waals surface area contributed by atoms with E-state index in [1.807, 2.05) is 30.5 Å². The molecular weight excluding hydrogens is 508 g/mol. The Hall–Kier alpha value is -2.46. The predicted molar refractivity (Wildman–Crippen MR) is 136 cm³/mol. The van der Waals surface area contributed by atoms with Gasteiger partial charge in [0.15, 0.2) is 6.10 Å². The molecule has 0 bridgehead atoms. The third kappa shape index (κ3) is 5.23. The van der Waals surface area contributed by atoms with Crippen LogP contribution >= 0.6 is 22.9 Å². The minimum atomic E-state index is -3.54. The number of carbonyl (C=O) groups is 2. The molecule has 0 saturated carbocycles. The van der Waals surface area contributed by atoms with Crippen LogP contribution in [-0.4, -0.2) is 48.2 Å². The summed E-state index contributed by atoms with van der Waals surface area (Å²) in [6.07, 6.45) is -0.236. The molecule has 0 amide bonds. The number of aromatic nitrogens is 1. The number of thiophene rings is 1. The van der Waals surface area contributed by atoms with Crippen LogP contribution in [0.2, 0.25) is 5.02 Å². The lowest BCUT2D eigenvalue weighted by molar-refractivity contribution is -0.152. The highest BCUT2D eigenvalue weighted by molar-refractivity contribution is 7.91. The monoisotopic (exact) mass is 534 g/mol. The lowest BCUT2D eigenvalue weighted by Gasteiger charge is -2.30. The third-order valence-electron chi connectivity index (χ3n) is 6.32. The van der Waals surface area contributed by atoms with Crippen molar-refractivity contribution in [2.24, 2.45) is 5.92 Å². The summed E-state index contributed by atoms with van der Waals surface area (Å²) in [5, 5.41) is 2.35. The summed E-state index contributed by atoms with van der Waals surface area (Å²) in [4.78, 5) is 25.9. The molecule has 0 aliphatic carbocycles. The molecular formula is C25H27ClN2O5S2. The molecule has 4 rings (SSSR count). The summed E-state index contributed by atoms with van der Waals surface area (Å²) in [5.74, 6) is -1.18. The molecule has 2 aromatic heterocycles. The van der Waals surface area contributed by atoms with Gasteiger partial charge in [-0.05, 0) is 75.4 Å². The Kier molecular flexibility index (Phi) is 7.51. The van der Waals surface area contributed by atoms with E-state index in [2.05, 4.69) is 0 Å². The van der Waals surface area contributed by atoms with Gasteiger partial charge in [-0.15, -0.1) is 11.3 Å². The molecule has 1 fully saturated rings. The van der Waals surface area contributed by atoms with Crippen molar-refractivity contribution in [1.29, 1.82) is 0 Å². The Morgan fingerprint density at radius 3 is 2.37 bits per heavy atom. The molecule has 0 unspecified atom stereocenters. The molecule has 1 aliphatic heterocycles. The number of hydrogen-bond donors (Lipinski definition) is 0. The summed E-state index contributed by atoms with van der Waals surface area (Å²) >= 11 is 7.17. The topological polar surface area (TPSA) is 85.7 Å². The van der Waals surface area contributed by atoms with E-state index in [0.717, 1.165) is 17.1 Å². The Morgan fingerprint density at radius 1 is 1.11 bits per heavy atom. The number of nitrogens with zero attached hydrogens (tertiary/aromatic N) is 2. The van der Waals surface area contributed by atoms with Gasteiger partial charge in [0.1, 0.15) is 4.21 Å². The van der Waals surface area contributed by atoms with Gasteiger partial charge < -0.3 is 9.30 Å². The Bertz CT molecular complexity index is 1320. The van der Waals surface area contributed by atoms with Crippen LogP contribution in [0.5, 0.6) is 0 Å². The molecule has 1 aliphatic rings. The summed E-state index contributed by atoms with van der Waals surface area (Å²) in [7, 11) is -3.54. The smallest absolute Gasteiger partial charge is 0.309 e. The largest absolute Gasteiger partial charge is 0.454 e. The van der Waals surface area contributed by atoms with Crippen LogP contribution in [0.4, 0.5) is 0 Å². The number of hydrogen-bond acceptors (Lipinski definition) is 6. The third-order valence-corrected chi connectivity index (χ3v) is 9.84. The molecule has 1 aromatic carbocycles. The van der Waals surface area contributed by atoms with Crippen LogP contribution in [0.3, 0.4) is 0 Å². The highest BCUT2D eigenvalue weighted by Crippen LogP contribution is 2.28. The van der Waals surface area contributed by atoms with Crippen molar-refractivity contribution in [2.45, 2.75) is 43.9 Å². The summed E-state index contributed by atoms with van der Waals surface area (Å²) in [5.41, 5.74) is 3.02. The van der Waals surface area contributed by atoms with Crippen LogP contribution < -0.4 is 0 Å². The Morgan fingerprint density at radius 2 is 1.77 bits per heavy atom. The number of halogens is 1. The quantitative estimate of drug-likeness (QED) is 0.314. The lowest BCUT2D eigenvalue weighted by atomic mass is 9.98. The van der Waals surface area contributed by atoms with Gasteiger partial charge in [-0.3, -0.25) is 9.59 Å². The number of rotatable bonds is 7. The maximum atomic E-state index is 13.2. The van der Waals surface area contributed by atoms with E-state index in [0.29, 0.717) is 27.6 Å². The second kappa shape index (κ2) is 10.3. The molecule has 0 radical (unpaired) electrons. The van der Waals surface area contributed by atoms with Gasteiger partial charge in [0.25, 0.3) is 10.0 Å². The minimum Gasteiger partial charge on any atom is -0.454 e. The van der Waals surface area contributed by atoms with Gasteiger partial charge in [-0.25, -0.2) is 8.42 Å². The zero-order valence-electron chi connectivity index (χ0n) is 19.7. The molecule has 3 heterocycles. The fraction of sp³-hybridized carbons (Fsp3) is 0.360. The van der Waals surface area contributed by atoms with E-state index in [1.165, 1.54) is 15.6 Å². The van der Waals surface area contributed by atoms with Gasteiger partial charge in [0.2, 0.25) is 5.78 Å². The zero-order valence-corrected chi connectivity index (χ0v) is 22.1. The van der Waals surface area contributed by atoms with Crippen molar-refractivity contribution in [3.8, 4) is 5.69 Å². The van der Waals surface area contributed by atoms with Crippen molar-refractivity contribution >= 4 is 44.7 Å². The highest BCUT2D eigenvalue weighted by Gasteiger charge is 2.34. The number of ether oxygens (including phenoxy) is 1. The van der Waals surface area contributed by atoms with Crippen LogP contribution in [0.25, 0.3) is 5.69 Å². The molecule has 1 atom stereocenters. The van der Waals surface area contributed by atoms with Gasteiger partial charge >= 0.3 is 5.97 Å². The number of ketones is 1. The Balaban J connectivity index is 1.39. The number of esters is 1. The van der Waals surface area contributed by atoms with E-state index in [4.69, 9.17) is 16.3 Å². The van der Waals surface area contributed by atoms with Crippen molar-refractivity contribution in [3.05, 3.63) is 69.8 Å². The first-order valence-electron chi connectivity index (χ1n) is 11.3. The Labute approximate surface area is 214 Å². The molecule has 3 aromatic rings. The first-order valence-corrected chi connectivity index (χ1v) is 14.0. The number of Topliss-reactive ketones (excluding diaryl/α,β-unsaturated/α-hetero) is 1. The first-order chi connectivity index (χ1) is 16.6. The average molecular weight is 535 g/mol. The van der Waals surface area contributed by atoms with Crippen LogP contribution in [-0.2, 0) is 19.6 Å². The van der Waals surface area contributed by atoms with Gasteiger partial charge in [0, 0.05) is 40.8 Å². The van der Waals surface area contributed by atoms with Gasteiger partial charge in [-0.1, -0.05) is 17.7 Å². The van der Waals surface area contributed by atoms with Crippen molar-refractivity contribution < 1.29 is 22.7 Å². The molecule has 0 spiro atoms. The second-order valence-electron chi connectivity index (χ2n) is 8.65. The molecule has 0 N–H and O–H groups in total. The summed E-state index contributed by atoms with van der Waals surface area (Å²) in [6.45, 7) is 5.82. The molecule has 186 valence electrons. The number of benzene rings is 1. The fourth-order valence-corrected chi connectivity index (χ4v) is 7.15. The van der Waals surface area contributed by atoms with Gasteiger partial charge in [0.05, 0.1) is 5.92 Å². The maximum Gasteiger partial charge on any atom is 0.309 e. The number of aryl methyl sites for hydroxylation is 1.